The molecule has 1 aliphatic heterocycles. The number of ether oxygens (including phenoxy) is 2. The topological polar surface area (TPSA) is 169 Å². The molecule has 0 spiro atoms. The van der Waals surface area contributed by atoms with E-state index in [0.717, 1.165) is 11.3 Å². The minimum Gasteiger partial charge on any atom is -0.494 e. The lowest BCUT2D eigenvalue weighted by Crippen LogP contribution is -2.58. The van der Waals surface area contributed by atoms with E-state index in [1.54, 1.807) is 39.0 Å². The van der Waals surface area contributed by atoms with E-state index in [4.69, 9.17) is 21.1 Å². The largest absolute Gasteiger partial charge is 0.494 e. The number of rotatable bonds is 13. The van der Waals surface area contributed by atoms with Gasteiger partial charge in [0.05, 0.1) is 41.9 Å². The number of alkyl halides is 6. The van der Waals surface area contributed by atoms with Crippen molar-refractivity contribution in [3.8, 4) is 22.9 Å². The standard InChI is InChI=1S/C41H41ClF6N6O7S2/c1-6-21-16-39(21,36(57)53-63(58,59)26-8-9-26)52-33(55)30-15-25(61-34-28-14-24(42)7-10-27(28)31(60-5)17-49-34)18-54(30)35(56)32(38(2,3)4)51-37-50-29(19-62-37)20-11-22(40(43,44)45)13-23(12-20)41(46,47)48/h6-7,10-14,17,19,21,25-26,30,32H,1,8-9,15-16,18H2,2-5H3,(H,50,51)(H,52,55)(H,53,57)/t21-,25-,30+,32-,39-/m1/s1. The zero-order valence-electron chi connectivity index (χ0n) is 34.0. The summed E-state index contributed by atoms with van der Waals surface area (Å²) in [6, 6.07) is 3.52. The molecule has 3 amide bonds. The number of hydrogen-bond acceptors (Lipinski definition) is 11. The predicted molar refractivity (Wildman–Crippen MR) is 222 cm³/mol. The molecule has 2 aliphatic carbocycles. The molecular weight excluding hydrogens is 902 g/mol. The predicted octanol–water partition coefficient (Wildman–Crippen LogP) is 7.60. The Kier molecular flexibility index (Phi) is 12.0. The van der Waals surface area contributed by atoms with Crippen molar-refractivity contribution < 1.29 is 58.6 Å². The van der Waals surface area contributed by atoms with E-state index in [2.05, 4.69) is 31.9 Å². The first-order valence-electron chi connectivity index (χ1n) is 19.5. The molecule has 5 atom stereocenters. The molecule has 3 N–H and O–H groups in total. The lowest BCUT2D eigenvalue weighted by Gasteiger charge is -2.35. The SMILES string of the molecule is C=C[C@@H]1C[C@]1(NC(=O)[C@@H]1C[C@@H](Oc2ncc(OC)c3ccc(Cl)cc23)CN1C(=O)[C@@H](Nc1nc(-c2cc(C(F)(F)F)cc(C(F)(F)F)c2)cs1)C(C)(C)C)C(=O)NS(=O)(=O)C1CC1. The maximum Gasteiger partial charge on any atom is 0.416 e. The van der Waals surface area contributed by atoms with Gasteiger partial charge in [-0.2, -0.15) is 26.3 Å². The molecule has 4 aromatic rings. The van der Waals surface area contributed by atoms with Crippen molar-refractivity contribution >= 4 is 66.6 Å². The quantitative estimate of drug-likeness (QED) is 0.0897. The Hall–Kier alpha value is -5.15. The number of sulfonamides is 1. The molecule has 338 valence electrons. The van der Waals surface area contributed by atoms with Crippen molar-refractivity contribution in [2.24, 2.45) is 11.3 Å². The number of benzene rings is 2. The maximum atomic E-state index is 14.9. The Morgan fingerprint density at radius 2 is 1.70 bits per heavy atom. The van der Waals surface area contributed by atoms with Crippen molar-refractivity contribution in [2.45, 2.75) is 87.8 Å². The molecule has 13 nitrogen and oxygen atoms in total. The number of likely N-dealkylation sites (tertiary alicyclic amines) is 1. The van der Waals surface area contributed by atoms with E-state index in [1.165, 1.54) is 29.7 Å². The molecule has 63 heavy (non-hydrogen) atoms. The van der Waals surface area contributed by atoms with Gasteiger partial charge in [-0.05, 0) is 61.1 Å². The Morgan fingerprint density at radius 1 is 1.03 bits per heavy atom. The number of nitrogens with zero attached hydrogens (tertiary/aromatic N) is 3. The summed E-state index contributed by atoms with van der Waals surface area (Å²) in [5.74, 6) is -2.54. The maximum absolute atomic E-state index is 14.9. The summed E-state index contributed by atoms with van der Waals surface area (Å²) in [5, 5.41) is 7.62. The second kappa shape index (κ2) is 16.4. The summed E-state index contributed by atoms with van der Waals surface area (Å²) in [6.07, 6.45) is -7.58. The first-order chi connectivity index (χ1) is 29.3. The van der Waals surface area contributed by atoms with Crippen molar-refractivity contribution in [1.82, 2.24) is 24.9 Å². The molecule has 3 heterocycles. The van der Waals surface area contributed by atoms with Crippen LogP contribution in [0.4, 0.5) is 31.5 Å². The lowest BCUT2D eigenvalue weighted by molar-refractivity contribution is -0.143. The summed E-state index contributed by atoms with van der Waals surface area (Å²) in [6.45, 7) is 8.58. The van der Waals surface area contributed by atoms with Crippen LogP contribution in [0, 0.1) is 11.3 Å². The highest BCUT2D eigenvalue weighted by atomic mass is 35.5. The number of carbonyl (C=O) groups is 3. The normalized spacial score (nSPS) is 22.0. The Balaban J connectivity index is 1.21. The fraction of sp³-hybridized carbons (Fsp3) is 0.439. The van der Waals surface area contributed by atoms with E-state index in [1.807, 2.05) is 0 Å². The van der Waals surface area contributed by atoms with Gasteiger partial charge in [-0.25, -0.2) is 18.4 Å². The molecule has 7 rings (SSSR count). The highest BCUT2D eigenvalue weighted by molar-refractivity contribution is 7.91. The first-order valence-corrected chi connectivity index (χ1v) is 22.3. The smallest absolute Gasteiger partial charge is 0.416 e. The van der Waals surface area contributed by atoms with Crippen molar-refractivity contribution in [1.29, 1.82) is 0 Å². The van der Waals surface area contributed by atoms with Gasteiger partial charge in [0.15, 0.2) is 5.13 Å². The van der Waals surface area contributed by atoms with Crippen molar-refractivity contribution in [3.63, 3.8) is 0 Å². The Bertz CT molecular complexity index is 2570. The molecule has 3 fully saturated rings. The van der Waals surface area contributed by atoms with Gasteiger partial charge in [0.25, 0.3) is 5.91 Å². The minimum absolute atomic E-state index is 0.0103. The van der Waals surface area contributed by atoms with Crippen LogP contribution in [0.1, 0.15) is 57.6 Å². The number of nitrogens with one attached hydrogen (secondary N) is 3. The number of pyridine rings is 1. The fourth-order valence-electron chi connectivity index (χ4n) is 7.49. The van der Waals surface area contributed by atoms with Crippen molar-refractivity contribution in [2.75, 3.05) is 19.0 Å². The summed E-state index contributed by atoms with van der Waals surface area (Å²) in [5.41, 5.74) is -6.40. The minimum atomic E-state index is -5.09. The summed E-state index contributed by atoms with van der Waals surface area (Å²) < 4.78 is 122. The zero-order valence-corrected chi connectivity index (χ0v) is 36.4. The second-order valence-electron chi connectivity index (χ2n) is 16.8. The fourth-order valence-corrected chi connectivity index (χ4v) is 9.77. The van der Waals surface area contributed by atoms with Crippen LogP contribution in [0.5, 0.6) is 11.6 Å². The number of aromatic nitrogens is 2. The summed E-state index contributed by atoms with van der Waals surface area (Å²) >= 11 is 7.16. The zero-order chi connectivity index (χ0) is 46.0. The number of amides is 3. The van der Waals surface area contributed by atoms with Gasteiger partial charge in [0.1, 0.15) is 29.5 Å². The number of halogens is 7. The number of anilines is 1. The van der Waals surface area contributed by atoms with Crippen LogP contribution in [0.2, 0.25) is 5.02 Å². The Morgan fingerprint density at radius 3 is 2.27 bits per heavy atom. The van der Waals surface area contributed by atoms with E-state index in [-0.39, 0.29) is 42.2 Å². The van der Waals surface area contributed by atoms with E-state index < -0.39 is 97.1 Å². The van der Waals surface area contributed by atoms with E-state index >= 15 is 0 Å². The molecule has 0 radical (unpaired) electrons. The van der Waals surface area contributed by atoms with Crippen LogP contribution in [-0.2, 0) is 36.8 Å². The van der Waals surface area contributed by atoms with Crippen LogP contribution in [-0.4, -0.2) is 83.6 Å². The summed E-state index contributed by atoms with van der Waals surface area (Å²) in [7, 11) is -2.55. The van der Waals surface area contributed by atoms with Crippen LogP contribution in [0.3, 0.4) is 0 Å². The molecule has 22 heteroatoms. The molecule has 0 bridgehead atoms. The van der Waals surface area contributed by atoms with E-state index in [0.29, 0.717) is 46.5 Å². The number of thiazole rings is 1. The third-order valence-corrected chi connectivity index (χ3v) is 14.0. The molecule has 3 aliphatic rings. The average molecular weight is 943 g/mol. The van der Waals surface area contributed by atoms with Crippen LogP contribution < -0.4 is 24.8 Å². The van der Waals surface area contributed by atoms with Gasteiger partial charge in [0.2, 0.25) is 27.7 Å². The van der Waals surface area contributed by atoms with Crippen molar-refractivity contribution in [3.05, 3.63) is 76.8 Å². The van der Waals surface area contributed by atoms with Gasteiger partial charge in [-0.1, -0.05) is 38.4 Å². The molecule has 1 saturated heterocycles. The van der Waals surface area contributed by atoms with Gasteiger partial charge in [-0.3, -0.25) is 19.1 Å². The number of methoxy groups -OCH3 is 1. The van der Waals surface area contributed by atoms with E-state index in [9.17, 15) is 49.1 Å². The monoisotopic (exact) mass is 942 g/mol. The third-order valence-electron chi connectivity index (χ3n) is 11.1. The number of hydrogen-bond donors (Lipinski definition) is 3. The second-order valence-corrected chi connectivity index (χ2v) is 20.0. The molecular formula is C41H41ClF6N6O7S2. The molecule has 2 aromatic carbocycles. The van der Waals surface area contributed by atoms with Gasteiger partial charge < -0.3 is 25.0 Å². The van der Waals surface area contributed by atoms with Crippen LogP contribution in [0.25, 0.3) is 22.0 Å². The van der Waals surface area contributed by atoms with Gasteiger partial charge in [-0.15, -0.1) is 17.9 Å². The van der Waals surface area contributed by atoms with Crippen LogP contribution >= 0.6 is 22.9 Å². The lowest BCUT2D eigenvalue weighted by atomic mass is 9.85. The Labute approximate surface area is 366 Å². The van der Waals surface area contributed by atoms with Gasteiger partial charge in [0, 0.05) is 39.1 Å². The molecule has 0 unspecified atom stereocenters. The average Bonchev–Trinajstić information content (AvgIpc) is 4.09. The summed E-state index contributed by atoms with van der Waals surface area (Å²) in [4.78, 5) is 52.8. The number of carbonyl (C=O) groups excluding carboxylic acids is 3. The van der Waals surface area contributed by atoms with Gasteiger partial charge >= 0.3 is 12.4 Å². The third kappa shape index (κ3) is 9.55. The molecule has 2 saturated carbocycles. The highest BCUT2D eigenvalue weighted by Crippen LogP contribution is 2.46. The molecule has 2 aromatic heterocycles. The first kappa shape index (κ1) is 45.9. The van der Waals surface area contributed by atoms with Crippen LogP contribution in [0.15, 0.2) is 60.6 Å². The highest BCUT2D eigenvalue weighted by Gasteiger charge is 2.62. The number of fused-ring (bicyclic) bond motifs is 1.